The number of rotatable bonds is 12. The maximum atomic E-state index is 11.1. The van der Waals surface area contributed by atoms with Crippen molar-refractivity contribution >= 4 is 18.0 Å². The van der Waals surface area contributed by atoms with Crippen LogP contribution in [0.1, 0.15) is 71.8 Å². The minimum Gasteiger partial charge on any atom is -0.496 e. The van der Waals surface area contributed by atoms with E-state index in [4.69, 9.17) is 9.47 Å². The van der Waals surface area contributed by atoms with Crippen molar-refractivity contribution in [2.24, 2.45) is 5.41 Å². The van der Waals surface area contributed by atoms with Gasteiger partial charge in [-0.25, -0.2) is 0 Å². The molecule has 0 heterocycles. The maximum Gasteiger partial charge on any atom is 0.143 e. The third kappa shape index (κ3) is 7.01. The van der Waals surface area contributed by atoms with E-state index in [-0.39, 0.29) is 5.41 Å². The Balaban J connectivity index is 2.36. The van der Waals surface area contributed by atoms with E-state index in [0.717, 1.165) is 60.4 Å². The monoisotopic (exact) mass is 439 g/mol. The summed E-state index contributed by atoms with van der Waals surface area (Å²) in [6, 6.07) is 6.49. The van der Waals surface area contributed by atoms with E-state index in [2.05, 4.69) is 62.9 Å². The highest BCUT2D eigenvalue weighted by Crippen LogP contribution is 2.42. The van der Waals surface area contributed by atoms with Gasteiger partial charge in [-0.1, -0.05) is 52.7 Å². The van der Waals surface area contributed by atoms with E-state index in [0.29, 0.717) is 0 Å². The molecule has 4 nitrogen and oxygen atoms in total. The Labute approximate surface area is 195 Å². The average molecular weight is 440 g/mol. The predicted octanol–water partition coefficient (Wildman–Crippen LogP) is 6.96. The molecule has 2 rings (SSSR count). The number of hydrogen-bond donors (Lipinski definition) is 0. The van der Waals surface area contributed by atoms with Crippen molar-refractivity contribution < 1.29 is 14.3 Å². The van der Waals surface area contributed by atoms with Gasteiger partial charge in [0.05, 0.1) is 14.2 Å². The molecule has 0 bridgehead atoms. The molecule has 0 saturated heterocycles. The quantitative estimate of drug-likeness (QED) is 0.261. The fourth-order valence-corrected chi connectivity index (χ4v) is 4.37. The summed E-state index contributed by atoms with van der Waals surface area (Å²) in [6.45, 7) is 11.1. The van der Waals surface area contributed by atoms with E-state index in [1.54, 1.807) is 20.3 Å². The maximum absolute atomic E-state index is 11.1. The van der Waals surface area contributed by atoms with Gasteiger partial charge in [-0.05, 0) is 60.5 Å². The van der Waals surface area contributed by atoms with Crippen LogP contribution in [0.4, 0.5) is 5.69 Å². The van der Waals surface area contributed by atoms with E-state index in [1.165, 1.54) is 31.4 Å². The second-order valence-corrected chi connectivity index (χ2v) is 9.36. The van der Waals surface area contributed by atoms with Crippen LogP contribution in [0.2, 0.25) is 0 Å². The van der Waals surface area contributed by atoms with Crippen molar-refractivity contribution in [1.82, 2.24) is 0 Å². The SMILES string of the molecule is CCCCN(CCCC)c1ccc(/C=C/C2=C(OC)C(=C/C=O)/CC(C)(C)C2)c(OC)c1. The number of unbranched alkanes of at least 4 members (excludes halogenated alkanes) is 2. The van der Waals surface area contributed by atoms with Crippen LogP contribution in [-0.2, 0) is 9.53 Å². The van der Waals surface area contributed by atoms with Gasteiger partial charge in [-0.3, -0.25) is 4.79 Å². The molecule has 1 aromatic rings. The molecule has 1 aliphatic carbocycles. The van der Waals surface area contributed by atoms with Gasteiger partial charge in [0, 0.05) is 30.4 Å². The number of methoxy groups -OCH3 is 2. The summed E-state index contributed by atoms with van der Waals surface area (Å²) >= 11 is 0. The second kappa shape index (κ2) is 12.5. The molecule has 0 spiro atoms. The first-order valence-electron chi connectivity index (χ1n) is 11.9. The zero-order valence-electron chi connectivity index (χ0n) is 20.9. The van der Waals surface area contributed by atoms with Gasteiger partial charge in [-0.2, -0.15) is 0 Å². The Morgan fingerprint density at radius 1 is 1.00 bits per heavy atom. The molecule has 0 unspecified atom stereocenters. The Morgan fingerprint density at radius 2 is 1.69 bits per heavy atom. The zero-order chi connectivity index (χ0) is 23.6. The van der Waals surface area contributed by atoms with E-state index >= 15 is 0 Å². The van der Waals surface area contributed by atoms with Crippen LogP contribution in [0.3, 0.4) is 0 Å². The fraction of sp³-hybridized carbons (Fsp3) is 0.536. The number of ether oxygens (including phenoxy) is 2. The number of hydrogen-bond acceptors (Lipinski definition) is 4. The lowest BCUT2D eigenvalue weighted by Gasteiger charge is -2.33. The molecular formula is C28H41NO3. The normalized spacial score (nSPS) is 17.1. The Kier molecular flexibility index (Phi) is 10.1. The Bertz CT molecular complexity index is 840. The van der Waals surface area contributed by atoms with Crippen LogP contribution in [0.25, 0.3) is 6.08 Å². The first kappa shape index (κ1) is 25.8. The lowest BCUT2D eigenvalue weighted by molar-refractivity contribution is -0.104. The van der Waals surface area contributed by atoms with Crippen molar-refractivity contribution in [3.05, 3.63) is 52.8 Å². The Hall–Kier alpha value is -2.49. The largest absolute Gasteiger partial charge is 0.496 e. The summed E-state index contributed by atoms with van der Waals surface area (Å²) in [5.74, 6) is 1.68. The second-order valence-electron chi connectivity index (χ2n) is 9.36. The van der Waals surface area contributed by atoms with Crippen LogP contribution in [0.15, 0.2) is 47.3 Å². The van der Waals surface area contributed by atoms with Crippen molar-refractivity contribution in [3.8, 4) is 5.75 Å². The lowest BCUT2D eigenvalue weighted by Crippen LogP contribution is -2.25. The summed E-state index contributed by atoms with van der Waals surface area (Å²) in [7, 11) is 3.41. The highest BCUT2D eigenvalue weighted by atomic mass is 16.5. The van der Waals surface area contributed by atoms with Crippen LogP contribution < -0.4 is 9.64 Å². The van der Waals surface area contributed by atoms with Crippen molar-refractivity contribution in [2.45, 2.75) is 66.2 Å². The predicted molar refractivity (Wildman–Crippen MR) is 135 cm³/mol. The molecule has 0 fully saturated rings. The Morgan fingerprint density at radius 3 is 2.25 bits per heavy atom. The third-order valence-electron chi connectivity index (χ3n) is 6.00. The summed E-state index contributed by atoms with van der Waals surface area (Å²) in [5.41, 5.74) is 4.39. The molecule has 0 saturated carbocycles. The summed E-state index contributed by atoms with van der Waals surface area (Å²) in [4.78, 5) is 13.6. The molecule has 1 aromatic carbocycles. The highest BCUT2D eigenvalue weighted by Gasteiger charge is 2.30. The molecule has 0 radical (unpaired) electrons. The molecule has 0 N–H and O–H groups in total. The van der Waals surface area contributed by atoms with Gasteiger partial charge in [0.2, 0.25) is 0 Å². The highest BCUT2D eigenvalue weighted by molar-refractivity contribution is 5.69. The molecule has 1 aliphatic rings. The number of nitrogens with zero attached hydrogens (tertiary/aromatic N) is 1. The molecule has 176 valence electrons. The smallest absolute Gasteiger partial charge is 0.143 e. The van der Waals surface area contributed by atoms with Crippen LogP contribution in [0, 0.1) is 5.41 Å². The summed E-state index contributed by atoms with van der Waals surface area (Å²) in [5, 5.41) is 0. The van der Waals surface area contributed by atoms with Crippen LogP contribution in [0.5, 0.6) is 5.75 Å². The topological polar surface area (TPSA) is 38.8 Å². The number of benzene rings is 1. The van der Waals surface area contributed by atoms with Crippen molar-refractivity contribution in [3.63, 3.8) is 0 Å². The number of allylic oxidation sites excluding steroid dienone is 4. The number of carbonyl (C=O) groups is 1. The fourth-order valence-electron chi connectivity index (χ4n) is 4.37. The zero-order valence-corrected chi connectivity index (χ0v) is 20.9. The van der Waals surface area contributed by atoms with Gasteiger partial charge in [0.15, 0.2) is 0 Å². The van der Waals surface area contributed by atoms with Crippen molar-refractivity contribution in [1.29, 1.82) is 0 Å². The van der Waals surface area contributed by atoms with E-state index in [1.807, 2.05) is 0 Å². The van der Waals surface area contributed by atoms with E-state index in [9.17, 15) is 4.79 Å². The molecule has 0 amide bonds. The molecular weight excluding hydrogens is 398 g/mol. The van der Waals surface area contributed by atoms with Gasteiger partial charge in [0.25, 0.3) is 0 Å². The lowest BCUT2D eigenvalue weighted by atomic mass is 9.74. The summed E-state index contributed by atoms with van der Waals surface area (Å²) in [6.07, 6.45) is 13.2. The molecule has 0 atom stereocenters. The number of anilines is 1. The first-order chi connectivity index (χ1) is 15.4. The van der Waals surface area contributed by atoms with E-state index < -0.39 is 0 Å². The van der Waals surface area contributed by atoms with Gasteiger partial charge < -0.3 is 14.4 Å². The van der Waals surface area contributed by atoms with Crippen LogP contribution >= 0.6 is 0 Å². The number of aldehydes is 1. The minimum absolute atomic E-state index is 0.0730. The molecule has 0 aromatic heterocycles. The van der Waals surface area contributed by atoms with Gasteiger partial charge >= 0.3 is 0 Å². The molecule has 32 heavy (non-hydrogen) atoms. The third-order valence-corrected chi connectivity index (χ3v) is 6.00. The molecule has 0 aliphatic heterocycles. The van der Waals surface area contributed by atoms with Gasteiger partial charge in [0.1, 0.15) is 17.8 Å². The van der Waals surface area contributed by atoms with Crippen molar-refractivity contribution in [2.75, 3.05) is 32.2 Å². The summed E-state index contributed by atoms with van der Waals surface area (Å²) < 4.78 is 11.5. The number of carbonyl (C=O) groups excluding carboxylic acids is 1. The standard InChI is InChI=1S/C28H41NO3/c1-7-9-16-29(17-10-8-2)25-14-13-22(26(19-25)31-5)11-12-23-20-28(3,4)21-24(15-18-30)27(23)32-6/h11-15,18-19H,7-10,16-17,20-21H2,1-6H3/b12-11+,24-15+. The minimum atomic E-state index is 0.0730. The molecule has 4 heteroatoms. The average Bonchev–Trinajstić information content (AvgIpc) is 2.77. The van der Waals surface area contributed by atoms with Gasteiger partial charge in [-0.15, -0.1) is 0 Å². The van der Waals surface area contributed by atoms with Crippen LogP contribution in [-0.4, -0.2) is 33.6 Å². The first-order valence-corrected chi connectivity index (χ1v) is 11.9.